The Morgan fingerprint density at radius 3 is 2.68 bits per heavy atom. The van der Waals surface area contributed by atoms with Crippen molar-refractivity contribution >= 4 is 6.03 Å². The van der Waals surface area contributed by atoms with Crippen molar-refractivity contribution in [2.75, 3.05) is 6.54 Å². The molecule has 0 spiro atoms. The van der Waals surface area contributed by atoms with Gasteiger partial charge in [-0.25, -0.2) is 4.79 Å². The van der Waals surface area contributed by atoms with Crippen molar-refractivity contribution in [1.82, 2.24) is 25.0 Å². The maximum Gasteiger partial charge on any atom is 0.318 e. The molecule has 2 rings (SSSR count). The molecule has 7 heteroatoms. The number of aryl methyl sites for hydroxylation is 1. The molecule has 2 N–H and O–H groups in total. The molecule has 0 radical (unpaired) electrons. The summed E-state index contributed by atoms with van der Waals surface area (Å²) >= 11 is 0. The molecule has 0 aromatic carbocycles. The van der Waals surface area contributed by atoms with Crippen LogP contribution < -0.4 is 5.32 Å². The molecule has 1 fully saturated rings. The lowest BCUT2D eigenvalue weighted by molar-refractivity contribution is 0.0978. The number of amides is 2. The van der Waals surface area contributed by atoms with Crippen LogP contribution in [0.25, 0.3) is 0 Å². The quantitative estimate of drug-likeness (QED) is 0.865. The zero-order valence-corrected chi connectivity index (χ0v) is 13.7. The van der Waals surface area contributed by atoms with E-state index in [1.807, 2.05) is 14.0 Å². The number of carbonyl (C=O) groups excluding carboxylic acids is 1. The number of nitrogens with one attached hydrogen (secondary N) is 1. The maximum absolute atomic E-state index is 12.6. The van der Waals surface area contributed by atoms with Crippen LogP contribution in [-0.2, 0) is 7.05 Å². The number of hydrogen-bond donors (Lipinski definition) is 2. The molecule has 0 bridgehead atoms. The number of aliphatic hydroxyl groups is 1. The van der Waals surface area contributed by atoms with Gasteiger partial charge in [-0.3, -0.25) is 0 Å². The van der Waals surface area contributed by atoms with E-state index in [4.69, 9.17) is 0 Å². The van der Waals surface area contributed by atoms with Crippen molar-refractivity contribution in [2.45, 2.75) is 64.1 Å². The average Bonchev–Trinajstić information content (AvgIpc) is 2.91. The van der Waals surface area contributed by atoms with Gasteiger partial charge in [-0.05, 0) is 26.7 Å². The van der Waals surface area contributed by atoms with Crippen LogP contribution in [0.1, 0.15) is 57.8 Å². The normalized spacial score (nSPS) is 18.7. The molecule has 124 valence electrons. The van der Waals surface area contributed by atoms with Crippen LogP contribution in [0.15, 0.2) is 6.33 Å². The fourth-order valence-corrected chi connectivity index (χ4v) is 3.09. The predicted octanol–water partition coefficient (Wildman–Crippen LogP) is 1.60. The van der Waals surface area contributed by atoms with Gasteiger partial charge in [0.25, 0.3) is 0 Å². The van der Waals surface area contributed by atoms with Gasteiger partial charge in [0.1, 0.15) is 6.33 Å². The van der Waals surface area contributed by atoms with Crippen molar-refractivity contribution in [3.8, 4) is 0 Å². The Balaban J connectivity index is 2.03. The van der Waals surface area contributed by atoms with E-state index in [0.29, 0.717) is 12.4 Å². The standard InChI is InChI=1S/C15H27N5O2/c1-11(21)9-20(13-7-5-4-6-8-13)15(22)17-12(2)14-18-16-10-19(14)3/h10-13,21H,4-9H2,1-3H3,(H,17,22)/t11-,12-/m0/s1. The van der Waals surface area contributed by atoms with E-state index < -0.39 is 6.10 Å². The molecule has 0 aliphatic heterocycles. The van der Waals surface area contributed by atoms with Crippen LogP contribution in [0.2, 0.25) is 0 Å². The molecule has 7 nitrogen and oxygen atoms in total. The first-order valence-electron chi connectivity index (χ1n) is 8.08. The van der Waals surface area contributed by atoms with E-state index in [0.717, 1.165) is 25.7 Å². The third-order valence-electron chi connectivity index (χ3n) is 4.21. The highest BCUT2D eigenvalue weighted by Gasteiger charge is 2.27. The smallest absolute Gasteiger partial charge is 0.318 e. The number of nitrogens with zero attached hydrogens (tertiary/aromatic N) is 4. The van der Waals surface area contributed by atoms with E-state index >= 15 is 0 Å². The lowest BCUT2D eigenvalue weighted by Crippen LogP contribution is -2.50. The molecule has 1 aliphatic rings. The third-order valence-corrected chi connectivity index (χ3v) is 4.21. The Bertz CT molecular complexity index is 482. The highest BCUT2D eigenvalue weighted by Crippen LogP contribution is 2.23. The highest BCUT2D eigenvalue weighted by molar-refractivity contribution is 5.75. The van der Waals surface area contributed by atoms with Crippen molar-refractivity contribution in [2.24, 2.45) is 7.05 Å². The van der Waals surface area contributed by atoms with Gasteiger partial charge in [0.2, 0.25) is 0 Å². The fraction of sp³-hybridized carbons (Fsp3) is 0.800. The van der Waals surface area contributed by atoms with E-state index in [-0.39, 0.29) is 18.1 Å². The number of aliphatic hydroxyl groups excluding tert-OH is 1. The van der Waals surface area contributed by atoms with Gasteiger partial charge >= 0.3 is 6.03 Å². The first-order chi connectivity index (χ1) is 10.5. The molecular weight excluding hydrogens is 282 g/mol. The Kier molecular flexibility index (Phi) is 5.76. The highest BCUT2D eigenvalue weighted by atomic mass is 16.3. The van der Waals surface area contributed by atoms with Crippen LogP contribution in [0.3, 0.4) is 0 Å². The summed E-state index contributed by atoms with van der Waals surface area (Å²) in [6.07, 6.45) is 6.64. The summed E-state index contributed by atoms with van der Waals surface area (Å²) in [4.78, 5) is 14.4. The number of hydrogen-bond acceptors (Lipinski definition) is 4. The Morgan fingerprint density at radius 2 is 2.14 bits per heavy atom. The number of rotatable bonds is 5. The minimum absolute atomic E-state index is 0.136. The van der Waals surface area contributed by atoms with E-state index in [9.17, 15) is 9.90 Å². The van der Waals surface area contributed by atoms with Gasteiger partial charge in [0.05, 0.1) is 12.1 Å². The number of carbonyl (C=O) groups is 1. The fourth-order valence-electron chi connectivity index (χ4n) is 3.09. The van der Waals surface area contributed by atoms with Crippen molar-refractivity contribution in [3.63, 3.8) is 0 Å². The van der Waals surface area contributed by atoms with Crippen LogP contribution in [0, 0.1) is 0 Å². The zero-order chi connectivity index (χ0) is 16.1. The van der Waals surface area contributed by atoms with Gasteiger partial charge in [-0.2, -0.15) is 0 Å². The second-order valence-electron chi connectivity index (χ2n) is 6.26. The first kappa shape index (κ1) is 16.7. The summed E-state index contributed by atoms with van der Waals surface area (Å²) in [5, 5.41) is 20.6. The van der Waals surface area contributed by atoms with Gasteiger partial charge in [-0.1, -0.05) is 19.3 Å². The van der Waals surface area contributed by atoms with Crippen molar-refractivity contribution in [1.29, 1.82) is 0 Å². The van der Waals surface area contributed by atoms with Crippen LogP contribution in [-0.4, -0.2) is 49.5 Å². The second kappa shape index (κ2) is 7.58. The molecule has 0 unspecified atom stereocenters. The maximum atomic E-state index is 12.6. The molecule has 1 aromatic heterocycles. The summed E-state index contributed by atoms with van der Waals surface area (Å²) < 4.78 is 1.80. The summed E-state index contributed by atoms with van der Waals surface area (Å²) in [6.45, 7) is 3.97. The molecule has 2 atom stereocenters. The molecule has 1 aromatic rings. The molecule has 22 heavy (non-hydrogen) atoms. The predicted molar refractivity (Wildman–Crippen MR) is 83.2 cm³/mol. The molecule has 2 amide bonds. The Hall–Kier alpha value is -1.63. The van der Waals surface area contributed by atoms with Crippen LogP contribution in [0.4, 0.5) is 4.79 Å². The first-order valence-corrected chi connectivity index (χ1v) is 8.08. The number of aromatic nitrogens is 3. The lowest BCUT2D eigenvalue weighted by Gasteiger charge is -2.35. The molecular formula is C15H27N5O2. The Labute approximate surface area is 131 Å². The monoisotopic (exact) mass is 309 g/mol. The van der Waals surface area contributed by atoms with Gasteiger partial charge < -0.3 is 19.9 Å². The number of urea groups is 1. The summed E-state index contributed by atoms with van der Waals surface area (Å²) in [6, 6.07) is -0.140. The SMILES string of the molecule is C[C@H](O)CN(C(=O)N[C@@H](C)c1nncn1C)C1CCCCC1. The average molecular weight is 309 g/mol. The summed E-state index contributed by atoms with van der Waals surface area (Å²) in [7, 11) is 1.85. The van der Waals surface area contributed by atoms with Gasteiger partial charge in [-0.15, -0.1) is 10.2 Å². The minimum Gasteiger partial charge on any atom is -0.392 e. The van der Waals surface area contributed by atoms with E-state index in [2.05, 4.69) is 15.5 Å². The molecule has 0 saturated heterocycles. The zero-order valence-electron chi connectivity index (χ0n) is 13.7. The van der Waals surface area contributed by atoms with Crippen LogP contribution >= 0.6 is 0 Å². The van der Waals surface area contributed by atoms with Gasteiger partial charge in [0.15, 0.2) is 5.82 Å². The summed E-state index contributed by atoms with van der Waals surface area (Å²) in [5.41, 5.74) is 0. The van der Waals surface area contributed by atoms with Crippen molar-refractivity contribution < 1.29 is 9.90 Å². The largest absolute Gasteiger partial charge is 0.392 e. The summed E-state index contributed by atoms with van der Waals surface area (Å²) in [5.74, 6) is 0.717. The van der Waals surface area contributed by atoms with Gasteiger partial charge in [0, 0.05) is 19.6 Å². The minimum atomic E-state index is -0.530. The Morgan fingerprint density at radius 1 is 1.45 bits per heavy atom. The lowest BCUT2D eigenvalue weighted by atomic mass is 9.94. The van der Waals surface area contributed by atoms with E-state index in [1.165, 1.54) is 6.42 Å². The van der Waals surface area contributed by atoms with Crippen LogP contribution in [0.5, 0.6) is 0 Å². The third kappa shape index (κ3) is 4.19. The molecule has 1 heterocycles. The van der Waals surface area contributed by atoms with Crippen molar-refractivity contribution in [3.05, 3.63) is 12.2 Å². The molecule has 1 saturated carbocycles. The topological polar surface area (TPSA) is 83.3 Å². The van der Waals surface area contributed by atoms with E-state index in [1.54, 1.807) is 22.7 Å². The second-order valence-corrected chi connectivity index (χ2v) is 6.26. The molecule has 1 aliphatic carbocycles.